The number of halogens is 2. The van der Waals surface area contributed by atoms with Crippen molar-refractivity contribution in [3.05, 3.63) is 34.9 Å². The van der Waals surface area contributed by atoms with Gasteiger partial charge in [-0.05, 0) is 30.5 Å². The third-order valence-electron chi connectivity index (χ3n) is 2.61. The number of nitrogens with one attached hydrogen (secondary N) is 1. The first-order chi connectivity index (χ1) is 7.10. The van der Waals surface area contributed by atoms with Gasteiger partial charge in [0.1, 0.15) is 4.32 Å². The summed E-state index contributed by atoms with van der Waals surface area (Å²) in [5.74, 6) is 0.0810. The van der Waals surface area contributed by atoms with Crippen LogP contribution in [0.15, 0.2) is 24.3 Å². The molecule has 80 valence electrons. The van der Waals surface area contributed by atoms with Gasteiger partial charge in [-0.3, -0.25) is 4.79 Å². The second-order valence-electron chi connectivity index (χ2n) is 3.77. The fourth-order valence-corrected chi connectivity index (χ4v) is 2.53. The zero-order valence-electron chi connectivity index (χ0n) is 8.09. The zero-order valence-corrected chi connectivity index (χ0v) is 10.4. The predicted molar refractivity (Wildman–Crippen MR) is 64.4 cm³/mol. The molecule has 1 aliphatic rings. The van der Waals surface area contributed by atoms with Crippen LogP contribution in [-0.4, -0.2) is 16.8 Å². The minimum absolute atomic E-state index is 0.0810. The lowest BCUT2D eigenvalue weighted by Crippen LogP contribution is -2.33. The Balaban J connectivity index is 2.14. The Bertz CT molecular complexity index is 379. The fraction of sp³-hybridized carbons (Fsp3) is 0.364. The van der Waals surface area contributed by atoms with E-state index in [1.165, 1.54) is 0 Å². The largest absolute Gasteiger partial charge is 0.355 e. The summed E-state index contributed by atoms with van der Waals surface area (Å²) in [6.07, 6.45) is 1.53. The minimum atomic E-state index is -0.430. The Hall–Kier alpha value is -0.540. The molecule has 0 aliphatic carbocycles. The highest BCUT2D eigenvalue weighted by Crippen LogP contribution is 2.31. The number of benzene rings is 1. The molecule has 4 heteroatoms. The van der Waals surface area contributed by atoms with E-state index in [1.54, 1.807) is 0 Å². The summed E-state index contributed by atoms with van der Waals surface area (Å²) in [6, 6.07) is 7.61. The van der Waals surface area contributed by atoms with Crippen molar-refractivity contribution in [2.75, 3.05) is 6.54 Å². The van der Waals surface area contributed by atoms with Crippen molar-refractivity contribution < 1.29 is 4.79 Å². The van der Waals surface area contributed by atoms with E-state index in [2.05, 4.69) is 21.2 Å². The first-order valence-corrected chi connectivity index (χ1v) is 5.99. The maximum Gasteiger partial charge on any atom is 0.237 e. The molecule has 1 amide bonds. The van der Waals surface area contributed by atoms with E-state index in [-0.39, 0.29) is 5.91 Å². The molecule has 1 N–H and O–H groups in total. The fourth-order valence-electron chi connectivity index (χ4n) is 1.74. The van der Waals surface area contributed by atoms with Crippen molar-refractivity contribution in [1.82, 2.24) is 5.32 Å². The highest BCUT2D eigenvalue weighted by molar-refractivity contribution is 9.10. The summed E-state index contributed by atoms with van der Waals surface area (Å²) in [7, 11) is 0. The zero-order chi connectivity index (χ0) is 10.9. The van der Waals surface area contributed by atoms with E-state index < -0.39 is 4.32 Å². The van der Waals surface area contributed by atoms with Gasteiger partial charge in [-0.25, -0.2) is 0 Å². The average molecular weight is 289 g/mol. The molecule has 0 spiro atoms. The quantitative estimate of drug-likeness (QED) is 0.833. The van der Waals surface area contributed by atoms with Crippen LogP contribution in [0.2, 0.25) is 5.02 Å². The van der Waals surface area contributed by atoms with Gasteiger partial charge in [0.2, 0.25) is 5.91 Å². The lowest BCUT2D eigenvalue weighted by molar-refractivity contribution is -0.120. The monoisotopic (exact) mass is 287 g/mol. The van der Waals surface area contributed by atoms with Crippen molar-refractivity contribution in [2.45, 2.75) is 17.2 Å². The highest BCUT2D eigenvalue weighted by atomic mass is 79.9. The second kappa shape index (κ2) is 4.14. The van der Waals surface area contributed by atoms with Crippen LogP contribution in [0.25, 0.3) is 0 Å². The minimum Gasteiger partial charge on any atom is -0.355 e. The van der Waals surface area contributed by atoms with Gasteiger partial charge in [0.25, 0.3) is 0 Å². The number of carbonyl (C=O) groups excluding carboxylic acids is 1. The third kappa shape index (κ3) is 2.34. The third-order valence-corrected chi connectivity index (χ3v) is 3.90. The van der Waals surface area contributed by atoms with E-state index in [0.717, 1.165) is 23.6 Å². The van der Waals surface area contributed by atoms with Gasteiger partial charge >= 0.3 is 0 Å². The number of amides is 1. The normalized spacial score (nSPS) is 25.3. The van der Waals surface area contributed by atoms with Crippen LogP contribution in [-0.2, 0) is 11.2 Å². The molecule has 0 bridgehead atoms. The Morgan fingerprint density at radius 3 is 2.60 bits per heavy atom. The van der Waals surface area contributed by atoms with Gasteiger partial charge in [0, 0.05) is 11.6 Å². The van der Waals surface area contributed by atoms with Crippen LogP contribution >= 0.6 is 27.5 Å². The van der Waals surface area contributed by atoms with Crippen LogP contribution in [0, 0.1) is 0 Å². The van der Waals surface area contributed by atoms with Crippen molar-refractivity contribution in [2.24, 2.45) is 0 Å². The Morgan fingerprint density at radius 2 is 2.07 bits per heavy atom. The Kier molecular flexibility index (Phi) is 3.03. The standard InChI is InChI=1S/C11H11BrClNO/c12-11(5-6-14-10(11)15)7-8-1-3-9(13)4-2-8/h1-4H,5-7H2,(H,14,15). The van der Waals surface area contributed by atoms with E-state index in [9.17, 15) is 4.79 Å². The molecule has 1 unspecified atom stereocenters. The first kappa shape index (κ1) is 11.0. The first-order valence-electron chi connectivity index (χ1n) is 4.82. The number of alkyl halides is 1. The molecule has 15 heavy (non-hydrogen) atoms. The molecule has 1 aliphatic heterocycles. The van der Waals surface area contributed by atoms with E-state index >= 15 is 0 Å². The van der Waals surface area contributed by atoms with Crippen molar-refractivity contribution in [3.8, 4) is 0 Å². The SMILES string of the molecule is O=C1NCCC1(Br)Cc1ccc(Cl)cc1. The van der Waals surface area contributed by atoms with Gasteiger partial charge in [-0.1, -0.05) is 39.7 Å². The average Bonchev–Trinajstić information content (AvgIpc) is 2.51. The molecule has 0 aromatic heterocycles. The van der Waals surface area contributed by atoms with Gasteiger partial charge < -0.3 is 5.32 Å². The lowest BCUT2D eigenvalue weighted by Gasteiger charge is -2.17. The van der Waals surface area contributed by atoms with E-state index in [4.69, 9.17) is 11.6 Å². The molecular weight excluding hydrogens is 277 g/mol. The molecule has 0 radical (unpaired) electrons. The van der Waals surface area contributed by atoms with Crippen molar-refractivity contribution in [1.29, 1.82) is 0 Å². The molecule has 1 saturated heterocycles. The number of hydrogen-bond acceptors (Lipinski definition) is 1. The Morgan fingerprint density at radius 1 is 1.40 bits per heavy atom. The summed E-state index contributed by atoms with van der Waals surface area (Å²) < 4.78 is -0.430. The van der Waals surface area contributed by atoms with Crippen molar-refractivity contribution in [3.63, 3.8) is 0 Å². The van der Waals surface area contributed by atoms with Crippen LogP contribution in [0.5, 0.6) is 0 Å². The summed E-state index contributed by atoms with van der Waals surface area (Å²) in [5, 5.41) is 3.55. The maximum atomic E-state index is 11.6. The van der Waals surface area contributed by atoms with Crippen molar-refractivity contribution >= 4 is 33.4 Å². The lowest BCUT2D eigenvalue weighted by atomic mass is 9.98. The van der Waals surface area contributed by atoms with E-state index in [1.807, 2.05) is 24.3 Å². The van der Waals surface area contributed by atoms with Crippen LogP contribution in [0.1, 0.15) is 12.0 Å². The molecule has 0 saturated carbocycles. The maximum absolute atomic E-state index is 11.6. The molecule has 1 aromatic carbocycles. The van der Waals surface area contributed by atoms with Gasteiger partial charge in [-0.2, -0.15) is 0 Å². The number of hydrogen-bond donors (Lipinski definition) is 1. The van der Waals surface area contributed by atoms with E-state index in [0.29, 0.717) is 6.42 Å². The van der Waals surface area contributed by atoms with Crippen LogP contribution in [0.3, 0.4) is 0 Å². The molecule has 1 atom stereocenters. The second-order valence-corrected chi connectivity index (χ2v) is 5.73. The van der Waals surface area contributed by atoms with Gasteiger partial charge in [0.15, 0.2) is 0 Å². The molecule has 2 nitrogen and oxygen atoms in total. The molecular formula is C11H11BrClNO. The molecule has 1 fully saturated rings. The number of carbonyl (C=O) groups is 1. The van der Waals surface area contributed by atoms with Crippen LogP contribution < -0.4 is 5.32 Å². The Labute approximate surface area is 102 Å². The summed E-state index contributed by atoms with van der Waals surface area (Å²) >= 11 is 9.32. The summed E-state index contributed by atoms with van der Waals surface area (Å²) in [6.45, 7) is 0.748. The molecule has 1 aromatic rings. The molecule has 1 heterocycles. The van der Waals surface area contributed by atoms with Crippen LogP contribution in [0.4, 0.5) is 0 Å². The summed E-state index contributed by atoms with van der Waals surface area (Å²) in [4.78, 5) is 11.6. The van der Waals surface area contributed by atoms with Gasteiger partial charge in [0.05, 0.1) is 0 Å². The topological polar surface area (TPSA) is 29.1 Å². The van der Waals surface area contributed by atoms with Gasteiger partial charge in [-0.15, -0.1) is 0 Å². The number of rotatable bonds is 2. The smallest absolute Gasteiger partial charge is 0.237 e. The molecule has 2 rings (SSSR count). The summed E-state index contributed by atoms with van der Waals surface area (Å²) in [5.41, 5.74) is 1.12. The highest BCUT2D eigenvalue weighted by Gasteiger charge is 2.39. The predicted octanol–water partition coefficient (Wildman–Crippen LogP) is 2.54.